The summed E-state index contributed by atoms with van der Waals surface area (Å²) >= 11 is 0. The molecule has 2 N–H and O–H groups in total. The highest BCUT2D eigenvalue weighted by atomic mass is 32.2. The van der Waals surface area contributed by atoms with Crippen molar-refractivity contribution in [3.05, 3.63) is 60.2 Å². The highest BCUT2D eigenvalue weighted by Crippen LogP contribution is 2.18. The lowest BCUT2D eigenvalue weighted by Crippen LogP contribution is -3.12. The normalized spacial score (nSPS) is 16.3. The molecule has 3 rings (SSSR count). The smallest absolute Gasteiger partial charge is 0.240 e. The first-order valence-corrected chi connectivity index (χ1v) is 9.73. The van der Waals surface area contributed by atoms with E-state index in [9.17, 15) is 8.42 Å². The van der Waals surface area contributed by atoms with Crippen molar-refractivity contribution in [2.45, 2.75) is 11.4 Å². The van der Waals surface area contributed by atoms with Crippen molar-refractivity contribution in [2.24, 2.45) is 0 Å². The van der Waals surface area contributed by atoms with Crippen LogP contribution in [0.1, 0.15) is 5.56 Å². The van der Waals surface area contributed by atoms with Crippen LogP contribution in [0, 0.1) is 0 Å². The van der Waals surface area contributed by atoms with Gasteiger partial charge >= 0.3 is 0 Å². The average molecular weight is 346 g/mol. The van der Waals surface area contributed by atoms with Gasteiger partial charge in [-0.25, -0.2) is 13.1 Å². The Kier molecular flexibility index (Phi) is 5.18. The number of piperazine rings is 1. The van der Waals surface area contributed by atoms with Crippen LogP contribution >= 0.6 is 0 Å². The SMILES string of the molecule is C[NH+]1CCN(c2ccc(S(=O)(=O)NCc3ccccc3)cc2)CC1. The molecule has 2 aromatic rings. The van der Waals surface area contributed by atoms with Crippen molar-refractivity contribution < 1.29 is 13.3 Å². The molecule has 0 radical (unpaired) electrons. The van der Waals surface area contributed by atoms with Crippen LogP contribution in [0.15, 0.2) is 59.5 Å². The monoisotopic (exact) mass is 346 g/mol. The van der Waals surface area contributed by atoms with Crippen LogP contribution in [0.4, 0.5) is 5.69 Å². The number of benzene rings is 2. The second kappa shape index (κ2) is 7.34. The molecule has 24 heavy (non-hydrogen) atoms. The summed E-state index contributed by atoms with van der Waals surface area (Å²) in [5, 5.41) is 0. The van der Waals surface area contributed by atoms with Crippen LogP contribution in [-0.2, 0) is 16.6 Å². The zero-order chi connectivity index (χ0) is 17.0. The number of quaternary nitrogens is 1. The zero-order valence-electron chi connectivity index (χ0n) is 13.9. The third-order valence-corrected chi connectivity index (χ3v) is 5.86. The van der Waals surface area contributed by atoms with Gasteiger partial charge in [-0.15, -0.1) is 0 Å². The summed E-state index contributed by atoms with van der Waals surface area (Å²) in [4.78, 5) is 4.15. The topological polar surface area (TPSA) is 53.9 Å². The molecule has 1 heterocycles. The van der Waals surface area contributed by atoms with E-state index in [-0.39, 0.29) is 0 Å². The van der Waals surface area contributed by atoms with E-state index >= 15 is 0 Å². The Morgan fingerprint density at radius 2 is 1.62 bits per heavy atom. The molecule has 1 aliphatic heterocycles. The summed E-state index contributed by atoms with van der Waals surface area (Å²) in [5.74, 6) is 0. The third kappa shape index (κ3) is 4.14. The summed E-state index contributed by atoms with van der Waals surface area (Å²) in [5.41, 5.74) is 2.03. The molecule has 1 fully saturated rings. The molecule has 0 bridgehead atoms. The van der Waals surface area contributed by atoms with E-state index in [1.807, 2.05) is 42.5 Å². The van der Waals surface area contributed by atoms with Gasteiger partial charge < -0.3 is 9.80 Å². The van der Waals surface area contributed by atoms with Gasteiger partial charge in [-0.3, -0.25) is 0 Å². The number of sulfonamides is 1. The molecule has 2 aromatic carbocycles. The molecule has 0 saturated carbocycles. The van der Waals surface area contributed by atoms with Gasteiger partial charge in [0.25, 0.3) is 0 Å². The zero-order valence-corrected chi connectivity index (χ0v) is 14.7. The van der Waals surface area contributed by atoms with Crippen molar-refractivity contribution in [1.29, 1.82) is 0 Å². The maximum absolute atomic E-state index is 12.4. The van der Waals surface area contributed by atoms with Gasteiger partial charge in [0.15, 0.2) is 0 Å². The van der Waals surface area contributed by atoms with Crippen molar-refractivity contribution in [3.63, 3.8) is 0 Å². The minimum absolute atomic E-state index is 0.298. The Morgan fingerprint density at radius 1 is 1.00 bits per heavy atom. The fraction of sp³-hybridized carbons (Fsp3) is 0.333. The summed E-state index contributed by atoms with van der Waals surface area (Å²) in [6, 6.07) is 16.7. The second-order valence-corrected chi connectivity index (χ2v) is 8.02. The summed E-state index contributed by atoms with van der Waals surface area (Å²) in [6.07, 6.45) is 0. The Labute approximate surface area is 144 Å². The van der Waals surface area contributed by atoms with E-state index in [0.717, 1.165) is 37.4 Å². The molecular weight excluding hydrogens is 322 g/mol. The average Bonchev–Trinajstić information content (AvgIpc) is 2.62. The molecule has 0 spiro atoms. The Hall–Kier alpha value is -1.89. The van der Waals surface area contributed by atoms with Gasteiger partial charge in [0, 0.05) is 12.2 Å². The largest absolute Gasteiger partial charge is 0.360 e. The molecule has 1 saturated heterocycles. The fourth-order valence-corrected chi connectivity index (χ4v) is 3.86. The highest BCUT2D eigenvalue weighted by molar-refractivity contribution is 7.89. The molecule has 6 heteroatoms. The van der Waals surface area contributed by atoms with Gasteiger partial charge in [0.2, 0.25) is 10.0 Å². The van der Waals surface area contributed by atoms with Crippen molar-refractivity contribution in [2.75, 3.05) is 38.1 Å². The minimum atomic E-state index is -3.49. The number of anilines is 1. The van der Waals surface area contributed by atoms with Gasteiger partial charge in [0.05, 0.1) is 38.1 Å². The minimum Gasteiger partial charge on any atom is -0.360 e. The molecule has 128 valence electrons. The van der Waals surface area contributed by atoms with Crippen LogP contribution < -0.4 is 14.5 Å². The third-order valence-electron chi connectivity index (χ3n) is 4.44. The van der Waals surface area contributed by atoms with E-state index in [0.29, 0.717) is 11.4 Å². The molecule has 0 unspecified atom stereocenters. The van der Waals surface area contributed by atoms with E-state index < -0.39 is 10.0 Å². The van der Waals surface area contributed by atoms with Gasteiger partial charge in [-0.05, 0) is 29.8 Å². The number of likely N-dealkylation sites (N-methyl/N-ethyl adjacent to an activating group) is 1. The maximum atomic E-state index is 12.4. The van der Waals surface area contributed by atoms with Crippen LogP contribution in [0.5, 0.6) is 0 Å². The number of nitrogens with one attached hydrogen (secondary N) is 2. The molecule has 0 aromatic heterocycles. The quantitative estimate of drug-likeness (QED) is 0.829. The molecule has 5 nitrogen and oxygen atoms in total. The highest BCUT2D eigenvalue weighted by Gasteiger charge is 2.18. The first-order chi connectivity index (χ1) is 11.5. The number of rotatable bonds is 5. The lowest BCUT2D eigenvalue weighted by molar-refractivity contribution is -0.880. The summed E-state index contributed by atoms with van der Waals surface area (Å²) in [7, 11) is -1.29. The first-order valence-electron chi connectivity index (χ1n) is 8.24. The summed E-state index contributed by atoms with van der Waals surface area (Å²) in [6.45, 7) is 4.53. The molecular formula is C18H24N3O2S+. The standard InChI is InChI=1S/C18H23N3O2S/c1-20-11-13-21(14-12-20)17-7-9-18(10-8-17)24(22,23)19-15-16-5-3-2-4-6-16/h2-10,19H,11-15H2,1H3/p+1. The Morgan fingerprint density at radius 3 is 2.25 bits per heavy atom. The lowest BCUT2D eigenvalue weighted by Gasteiger charge is -2.31. The number of hydrogen-bond acceptors (Lipinski definition) is 3. The predicted molar refractivity (Wildman–Crippen MR) is 95.7 cm³/mol. The van der Waals surface area contributed by atoms with Gasteiger partial charge in [-0.2, -0.15) is 0 Å². The lowest BCUT2D eigenvalue weighted by atomic mass is 10.2. The molecule has 0 aliphatic carbocycles. The number of nitrogens with zero attached hydrogens (tertiary/aromatic N) is 1. The Bertz CT molecular complexity index is 753. The molecule has 0 amide bonds. The van der Waals surface area contributed by atoms with Crippen LogP contribution in [0.3, 0.4) is 0 Å². The second-order valence-electron chi connectivity index (χ2n) is 6.25. The summed E-state index contributed by atoms with van der Waals surface area (Å²) < 4.78 is 27.5. The van der Waals surface area contributed by atoms with Gasteiger partial charge in [-0.1, -0.05) is 30.3 Å². The van der Waals surface area contributed by atoms with E-state index in [2.05, 4.69) is 16.7 Å². The van der Waals surface area contributed by atoms with E-state index in [4.69, 9.17) is 0 Å². The Balaban J connectivity index is 1.65. The van der Waals surface area contributed by atoms with Crippen LogP contribution in [0.2, 0.25) is 0 Å². The van der Waals surface area contributed by atoms with Crippen LogP contribution in [-0.4, -0.2) is 41.6 Å². The van der Waals surface area contributed by atoms with E-state index in [1.165, 1.54) is 4.90 Å². The molecule has 1 aliphatic rings. The number of hydrogen-bond donors (Lipinski definition) is 2. The van der Waals surface area contributed by atoms with Crippen LogP contribution in [0.25, 0.3) is 0 Å². The van der Waals surface area contributed by atoms with Gasteiger partial charge in [0.1, 0.15) is 0 Å². The van der Waals surface area contributed by atoms with E-state index in [1.54, 1.807) is 12.1 Å². The maximum Gasteiger partial charge on any atom is 0.240 e. The first kappa shape index (κ1) is 17.0. The predicted octanol–water partition coefficient (Wildman–Crippen LogP) is 0.500. The fourth-order valence-electron chi connectivity index (χ4n) is 2.84. The van der Waals surface area contributed by atoms with Crippen molar-refractivity contribution >= 4 is 15.7 Å². The molecule has 0 atom stereocenters. The van der Waals surface area contributed by atoms with Crippen molar-refractivity contribution in [3.8, 4) is 0 Å². The van der Waals surface area contributed by atoms with Crippen molar-refractivity contribution in [1.82, 2.24) is 4.72 Å².